The van der Waals surface area contributed by atoms with Crippen molar-refractivity contribution in [2.45, 2.75) is 6.54 Å². The molecule has 0 aliphatic rings. The summed E-state index contributed by atoms with van der Waals surface area (Å²) < 4.78 is 4.90. The first-order valence-corrected chi connectivity index (χ1v) is 3.95. The van der Waals surface area contributed by atoms with Crippen LogP contribution in [0.2, 0.25) is 0 Å². The van der Waals surface area contributed by atoms with Crippen molar-refractivity contribution in [3.05, 3.63) is 29.8 Å². The number of hydrogen-bond acceptors (Lipinski definition) is 3. The molecule has 3 N–H and O–H groups in total. The van der Waals surface area contributed by atoms with Gasteiger partial charge < -0.3 is 15.8 Å². The van der Waals surface area contributed by atoms with Crippen LogP contribution in [0.5, 0.6) is 5.75 Å². The molecule has 0 aliphatic heterocycles. The second kappa shape index (κ2) is 4.47. The molecule has 0 spiro atoms. The van der Waals surface area contributed by atoms with Crippen molar-refractivity contribution in [3.8, 4) is 5.75 Å². The van der Waals surface area contributed by atoms with Gasteiger partial charge in [0.2, 0.25) is 0 Å². The first kappa shape index (κ1) is 9.54. The van der Waals surface area contributed by atoms with Gasteiger partial charge in [-0.2, -0.15) is 0 Å². The highest BCUT2D eigenvalue weighted by Crippen LogP contribution is 2.12. The Morgan fingerprint density at radius 2 is 2.38 bits per heavy atom. The minimum Gasteiger partial charge on any atom is -0.410 e. The van der Waals surface area contributed by atoms with Gasteiger partial charge in [0.1, 0.15) is 5.75 Å². The zero-order valence-electron chi connectivity index (χ0n) is 7.41. The maximum atomic E-state index is 10.8. The van der Waals surface area contributed by atoms with Gasteiger partial charge in [-0.15, -0.1) is 0 Å². The third kappa shape index (κ3) is 2.76. The Morgan fingerprint density at radius 3 is 3.00 bits per heavy atom. The van der Waals surface area contributed by atoms with Crippen LogP contribution >= 0.6 is 0 Å². The van der Waals surface area contributed by atoms with Crippen LogP contribution in [-0.2, 0) is 6.54 Å². The monoisotopic (exact) mass is 180 g/mol. The van der Waals surface area contributed by atoms with Crippen LogP contribution in [0.3, 0.4) is 0 Å². The van der Waals surface area contributed by atoms with Gasteiger partial charge in [0.25, 0.3) is 0 Å². The van der Waals surface area contributed by atoms with Gasteiger partial charge in [-0.25, -0.2) is 4.79 Å². The molecule has 0 saturated carbocycles. The van der Waals surface area contributed by atoms with Crippen LogP contribution in [0, 0.1) is 0 Å². The van der Waals surface area contributed by atoms with E-state index in [1.165, 1.54) is 7.05 Å². The van der Waals surface area contributed by atoms with Crippen molar-refractivity contribution in [2.75, 3.05) is 7.05 Å². The average Bonchev–Trinajstić information content (AvgIpc) is 2.18. The van der Waals surface area contributed by atoms with Crippen LogP contribution in [0.15, 0.2) is 24.3 Å². The molecule has 0 heterocycles. The standard InChI is InChI=1S/C9H12N2O2/c1-11-9(12)13-8-4-2-3-7(5-8)6-10/h2-5H,6,10H2,1H3,(H,11,12). The number of carbonyl (C=O) groups is 1. The molecule has 0 bridgehead atoms. The summed E-state index contributed by atoms with van der Waals surface area (Å²) in [6, 6.07) is 7.10. The predicted molar refractivity (Wildman–Crippen MR) is 49.4 cm³/mol. The molecule has 0 saturated heterocycles. The van der Waals surface area contributed by atoms with Gasteiger partial charge in [-0.3, -0.25) is 0 Å². The third-order valence-corrected chi connectivity index (χ3v) is 1.55. The van der Waals surface area contributed by atoms with Gasteiger partial charge in [-0.1, -0.05) is 12.1 Å². The Morgan fingerprint density at radius 1 is 1.62 bits per heavy atom. The lowest BCUT2D eigenvalue weighted by molar-refractivity contribution is 0.203. The molecule has 0 radical (unpaired) electrons. The van der Waals surface area contributed by atoms with E-state index in [9.17, 15) is 4.79 Å². The summed E-state index contributed by atoms with van der Waals surface area (Å²) in [7, 11) is 1.51. The van der Waals surface area contributed by atoms with Crippen molar-refractivity contribution in [2.24, 2.45) is 5.73 Å². The van der Waals surface area contributed by atoms with E-state index in [0.29, 0.717) is 12.3 Å². The van der Waals surface area contributed by atoms with Crippen LogP contribution in [0.25, 0.3) is 0 Å². The summed E-state index contributed by atoms with van der Waals surface area (Å²) in [6.45, 7) is 0.435. The predicted octanol–water partition coefficient (Wildman–Crippen LogP) is 0.864. The molecular weight excluding hydrogens is 168 g/mol. The third-order valence-electron chi connectivity index (χ3n) is 1.55. The van der Waals surface area contributed by atoms with E-state index >= 15 is 0 Å². The number of carbonyl (C=O) groups excluding carboxylic acids is 1. The normalized spacial score (nSPS) is 9.38. The molecule has 4 heteroatoms. The smallest absolute Gasteiger partial charge is 0.410 e. The topological polar surface area (TPSA) is 64.3 Å². The Hall–Kier alpha value is -1.55. The largest absolute Gasteiger partial charge is 0.412 e. The number of ether oxygens (including phenoxy) is 1. The lowest BCUT2D eigenvalue weighted by atomic mass is 10.2. The summed E-state index contributed by atoms with van der Waals surface area (Å²) in [5.41, 5.74) is 6.36. The summed E-state index contributed by atoms with van der Waals surface area (Å²) in [6.07, 6.45) is -0.478. The molecule has 0 atom stereocenters. The Labute approximate surface area is 76.7 Å². The number of nitrogens with one attached hydrogen (secondary N) is 1. The maximum Gasteiger partial charge on any atom is 0.412 e. The second-order valence-electron chi connectivity index (χ2n) is 2.49. The lowest BCUT2D eigenvalue weighted by Crippen LogP contribution is -2.22. The molecule has 1 amide bonds. The first-order valence-electron chi connectivity index (χ1n) is 3.95. The fraction of sp³-hybridized carbons (Fsp3) is 0.222. The van der Waals surface area contributed by atoms with Crippen LogP contribution in [-0.4, -0.2) is 13.1 Å². The molecule has 1 rings (SSSR count). The number of amides is 1. The molecule has 13 heavy (non-hydrogen) atoms. The van der Waals surface area contributed by atoms with E-state index in [1.54, 1.807) is 18.2 Å². The van der Waals surface area contributed by atoms with Gasteiger partial charge >= 0.3 is 6.09 Å². The van der Waals surface area contributed by atoms with Crippen molar-refractivity contribution in [1.29, 1.82) is 0 Å². The van der Waals surface area contributed by atoms with Gasteiger partial charge in [-0.05, 0) is 17.7 Å². The summed E-state index contributed by atoms with van der Waals surface area (Å²) in [5, 5.41) is 2.36. The molecule has 70 valence electrons. The Kier molecular flexibility index (Phi) is 3.28. The minimum atomic E-state index is -0.478. The molecule has 0 aliphatic carbocycles. The summed E-state index contributed by atoms with van der Waals surface area (Å²) in [4.78, 5) is 10.8. The Balaban J connectivity index is 2.71. The summed E-state index contributed by atoms with van der Waals surface area (Å²) >= 11 is 0. The quantitative estimate of drug-likeness (QED) is 0.709. The van der Waals surface area contributed by atoms with Gasteiger partial charge in [0.05, 0.1) is 0 Å². The van der Waals surface area contributed by atoms with E-state index < -0.39 is 6.09 Å². The van der Waals surface area contributed by atoms with Crippen molar-refractivity contribution in [1.82, 2.24) is 5.32 Å². The zero-order valence-corrected chi connectivity index (χ0v) is 7.41. The molecular formula is C9H12N2O2. The van der Waals surface area contributed by atoms with Crippen LogP contribution in [0.1, 0.15) is 5.56 Å². The molecule has 4 nitrogen and oxygen atoms in total. The van der Waals surface area contributed by atoms with E-state index in [0.717, 1.165) is 5.56 Å². The number of rotatable bonds is 2. The molecule has 1 aromatic carbocycles. The van der Waals surface area contributed by atoms with Gasteiger partial charge in [0.15, 0.2) is 0 Å². The van der Waals surface area contributed by atoms with Crippen molar-refractivity contribution >= 4 is 6.09 Å². The molecule has 0 unspecified atom stereocenters. The fourth-order valence-corrected chi connectivity index (χ4v) is 0.894. The van der Waals surface area contributed by atoms with E-state index in [2.05, 4.69) is 5.32 Å². The lowest BCUT2D eigenvalue weighted by Gasteiger charge is -2.04. The van der Waals surface area contributed by atoms with Crippen molar-refractivity contribution < 1.29 is 9.53 Å². The van der Waals surface area contributed by atoms with E-state index in [-0.39, 0.29) is 0 Å². The van der Waals surface area contributed by atoms with E-state index in [4.69, 9.17) is 10.5 Å². The maximum absolute atomic E-state index is 10.8. The molecule has 1 aromatic rings. The van der Waals surface area contributed by atoms with Crippen LogP contribution < -0.4 is 15.8 Å². The van der Waals surface area contributed by atoms with Gasteiger partial charge in [0, 0.05) is 13.6 Å². The van der Waals surface area contributed by atoms with Crippen molar-refractivity contribution in [3.63, 3.8) is 0 Å². The highest BCUT2D eigenvalue weighted by atomic mass is 16.5. The Bertz CT molecular complexity index is 299. The molecule has 0 fully saturated rings. The summed E-state index contributed by atoms with van der Waals surface area (Å²) in [5.74, 6) is 0.502. The molecule has 0 aromatic heterocycles. The average molecular weight is 180 g/mol. The van der Waals surface area contributed by atoms with E-state index in [1.807, 2.05) is 6.07 Å². The van der Waals surface area contributed by atoms with Crippen LogP contribution in [0.4, 0.5) is 4.79 Å². The zero-order chi connectivity index (χ0) is 9.68. The fourth-order valence-electron chi connectivity index (χ4n) is 0.894. The number of nitrogens with two attached hydrogens (primary N) is 1. The minimum absolute atomic E-state index is 0.435. The SMILES string of the molecule is CNC(=O)Oc1cccc(CN)c1. The highest BCUT2D eigenvalue weighted by molar-refractivity contribution is 5.69. The highest BCUT2D eigenvalue weighted by Gasteiger charge is 2.00. The second-order valence-corrected chi connectivity index (χ2v) is 2.49. The first-order chi connectivity index (χ1) is 6.26. The number of hydrogen-bond donors (Lipinski definition) is 2. The number of benzene rings is 1.